The average Bonchev–Trinajstić information content (AvgIpc) is 2.72. The lowest BCUT2D eigenvalue weighted by Crippen LogP contribution is -2.08. The summed E-state index contributed by atoms with van der Waals surface area (Å²) in [6, 6.07) is 7.17. The third-order valence-electron chi connectivity index (χ3n) is 2.68. The van der Waals surface area contributed by atoms with Crippen molar-refractivity contribution >= 4 is 11.8 Å². The van der Waals surface area contributed by atoms with E-state index in [0.717, 1.165) is 5.56 Å². The van der Waals surface area contributed by atoms with E-state index in [4.69, 9.17) is 9.47 Å². The van der Waals surface area contributed by atoms with Crippen LogP contribution < -0.4 is 0 Å². The van der Waals surface area contributed by atoms with E-state index in [1.54, 1.807) is 19.1 Å². The predicted molar refractivity (Wildman–Crippen MR) is 65.1 cm³/mol. The molecule has 0 amide bonds. The normalized spacial score (nSPS) is 14.7. The molecule has 0 unspecified atom stereocenters. The second kappa shape index (κ2) is 5.04. The van der Waals surface area contributed by atoms with Gasteiger partial charge in [0, 0.05) is 5.56 Å². The number of esters is 1. The minimum absolute atomic E-state index is 0.0130. The van der Waals surface area contributed by atoms with Crippen LogP contribution in [-0.2, 0) is 14.3 Å². The summed E-state index contributed by atoms with van der Waals surface area (Å²) in [5.41, 5.74) is 1.90. The molecule has 1 heterocycles. The summed E-state index contributed by atoms with van der Waals surface area (Å²) in [6.07, 6.45) is 0. The average molecular weight is 246 g/mol. The van der Waals surface area contributed by atoms with E-state index in [1.807, 2.05) is 19.1 Å². The first-order valence-electron chi connectivity index (χ1n) is 5.78. The Hall–Kier alpha value is -2.10. The summed E-state index contributed by atoms with van der Waals surface area (Å²) in [7, 11) is 0. The van der Waals surface area contributed by atoms with E-state index in [0.29, 0.717) is 17.7 Å². The van der Waals surface area contributed by atoms with Crippen LogP contribution in [0.1, 0.15) is 22.8 Å². The second-order valence-electron chi connectivity index (χ2n) is 4.01. The van der Waals surface area contributed by atoms with Gasteiger partial charge in [0.05, 0.1) is 12.2 Å². The van der Waals surface area contributed by atoms with Crippen LogP contribution >= 0.6 is 0 Å². The molecule has 0 N–H and O–H groups in total. The highest BCUT2D eigenvalue weighted by molar-refractivity contribution is 6.14. The lowest BCUT2D eigenvalue weighted by Gasteiger charge is -2.04. The van der Waals surface area contributed by atoms with Crippen molar-refractivity contribution in [1.29, 1.82) is 0 Å². The molecule has 0 saturated heterocycles. The number of rotatable bonds is 4. The highest BCUT2D eigenvalue weighted by Crippen LogP contribution is 2.21. The molecule has 1 aromatic carbocycles. The van der Waals surface area contributed by atoms with E-state index in [2.05, 4.69) is 0 Å². The van der Waals surface area contributed by atoms with E-state index in [-0.39, 0.29) is 18.1 Å². The number of carbonyl (C=O) groups is 2. The summed E-state index contributed by atoms with van der Waals surface area (Å²) < 4.78 is 10.0. The van der Waals surface area contributed by atoms with Gasteiger partial charge in [0.25, 0.3) is 0 Å². The Kier molecular flexibility index (Phi) is 3.46. The highest BCUT2D eigenvalue weighted by Gasteiger charge is 2.31. The van der Waals surface area contributed by atoms with E-state index >= 15 is 0 Å². The number of hydrogen-bond acceptors (Lipinski definition) is 4. The van der Waals surface area contributed by atoms with Crippen LogP contribution in [0.25, 0.3) is 0 Å². The zero-order chi connectivity index (χ0) is 13.1. The molecule has 0 aliphatic carbocycles. The summed E-state index contributed by atoms with van der Waals surface area (Å²) in [6.45, 7) is 4.02. The fourth-order valence-corrected chi connectivity index (χ4v) is 1.73. The zero-order valence-electron chi connectivity index (χ0n) is 10.4. The first kappa shape index (κ1) is 12.4. The Balaban J connectivity index is 2.32. The van der Waals surface area contributed by atoms with Crippen LogP contribution in [0.5, 0.6) is 0 Å². The number of hydrogen-bond donors (Lipinski definition) is 0. The summed E-state index contributed by atoms with van der Waals surface area (Å²) in [5, 5.41) is 0. The summed E-state index contributed by atoms with van der Waals surface area (Å²) in [5.74, 6) is -0.736. The smallest absolute Gasteiger partial charge is 0.374 e. The molecule has 0 atom stereocenters. The van der Waals surface area contributed by atoms with Gasteiger partial charge < -0.3 is 9.47 Å². The Morgan fingerprint density at radius 2 is 2.00 bits per heavy atom. The van der Waals surface area contributed by atoms with Crippen LogP contribution in [0, 0.1) is 6.92 Å². The van der Waals surface area contributed by atoms with E-state index in [1.165, 1.54) is 0 Å². The van der Waals surface area contributed by atoms with Crippen LogP contribution in [-0.4, -0.2) is 25.0 Å². The van der Waals surface area contributed by atoms with Gasteiger partial charge in [-0.1, -0.05) is 29.8 Å². The van der Waals surface area contributed by atoms with Crippen molar-refractivity contribution in [3.63, 3.8) is 0 Å². The molecule has 1 aliphatic rings. The number of Topliss-reactive ketones (excluding diaryl/α,β-unsaturated/α-hetero) is 1. The van der Waals surface area contributed by atoms with Crippen molar-refractivity contribution in [1.82, 2.24) is 0 Å². The van der Waals surface area contributed by atoms with Crippen LogP contribution in [0.4, 0.5) is 0 Å². The van der Waals surface area contributed by atoms with Gasteiger partial charge in [-0.15, -0.1) is 0 Å². The molecule has 4 nitrogen and oxygen atoms in total. The fraction of sp³-hybridized carbons (Fsp3) is 0.286. The maximum absolute atomic E-state index is 12.2. The van der Waals surface area contributed by atoms with Gasteiger partial charge in [0.1, 0.15) is 6.61 Å². The Morgan fingerprint density at radius 1 is 1.33 bits per heavy atom. The molecular weight excluding hydrogens is 232 g/mol. The van der Waals surface area contributed by atoms with Gasteiger partial charge >= 0.3 is 5.97 Å². The molecule has 2 rings (SSSR count). The number of cyclic esters (lactones) is 1. The first-order chi connectivity index (χ1) is 8.63. The SMILES string of the molecule is CCOC1=C(C(=O)c2ccc(C)cc2)COC1=O. The molecule has 94 valence electrons. The standard InChI is InChI=1S/C14H14O4/c1-3-17-13-11(8-18-14(13)16)12(15)10-6-4-9(2)5-7-10/h4-7H,3,8H2,1-2H3. The van der Waals surface area contributed by atoms with Crippen molar-refractivity contribution in [2.75, 3.05) is 13.2 Å². The zero-order valence-corrected chi connectivity index (χ0v) is 10.4. The number of ether oxygens (including phenoxy) is 2. The molecule has 0 bridgehead atoms. The monoisotopic (exact) mass is 246 g/mol. The van der Waals surface area contributed by atoms with Crippen LogP contribution in [0.2, 0.25) is 0 Å². The number of ketones is 1. The Morgan fingerprint density at radius 3 is 2.61 bits per heavy atom. The lowest BCUT2D eigenvalue weighted by atomic mass is 10.0. The van der Waals surface area contributed by atoms with Crippen LogP contribution in [0.15, 0.2) is 35.6 Å². The summed E-state index contributed by atoms with van der Waals surface area (Å²) in [4.78, 5) is 23.6. The maximum Gasteiger partial charge on any atom is 0.374 e. The van der Waals surface area contributed by atoms with Gasteiger partial charge in [-0.2, -0.15) is 0 Å². The third-order valence-corrected chi connectivity index (χ3v) is 2.68. The van der Waals surface area contributed by atoms with Gasteiger partial charge in [-0.3, -0.25) is 4.79 Å². The molecule has 1 aromatic rings. The highest BCUT2D eigenvalue weighted by atomic mass is 16.6. The number of aryl methyl sites for hydroxylation is 1. The summed E-state index contributed by atoms with van der Waals surface area (Å²) >= 11 is 0. The molecule has 0 fully saturated rings. The Bertz CT molecular complexity index is 511. The van der Waals surface area contributed by atoms with Gasteiger partial charge in [0.15, 0.2) is 5.78 Å². The maximum atomic E-state index is 12.2. The molecule has 0 aromatic heterocycles. The quantitative estimate of drug-likeness (QED) is 0.602. The van der Waals surface area contributed by atoms with E-state index < -0.39 is 5.97 Å². The first-order valence-corrected chi connectivity index (χ1v) is 5.78. The molecule has 18 heavy (non-hydrogen) atoms. The van der Waals surface area contributed by atoms with E-state index in [9.17, 15) is 9.59 Å². The lowest BCUT2D eigenvalue weighted by molar-refractivity contribution is -0.139. The molecular formula is C14H14O4. The van der Waals surface area contributed by atoms with Gasteiger partial charge in [-0.25, -0.2) is 4.79 Å². The minimum Gasteiger partial charge on any atom is -0.486 e. The van der Waals surface area contributed by atoms with Crippen molar-refractivity contribution in [2.45, 2.75) is 13.8 Å². The number of carbonyl (C=O) groups excluding carboxylic acids is 2. The van der Waals surface area contributed by atoms with Crippen LogP contribution in [0.3, 0.4) is 0 Å². The third kappa shape index (κ3) is 2.27. The van der Waals surface area contributed by atoms with Crippen molar-refractivity contribution in [3.05, 3.63) is 46.7 Å². The van der Waals surface area contributed by atoms with Gasteiger partial charge in [-0.05, 0) is 13.8 Å². The fourth-order valence-electron chi connectivity index (χ4n) is 1.73. The van der Waals surface area contributed by atoms with Crippen molar-refractivity contribution in [3.8, 4) is 0 Å². The molecule has 4 heteroatoms. The molecule has 1 aliphatic heterocycles. The Labute approximate surface area is 105 Å². The number of benzene rings is 1. The topological polar surface area (TPSA) is 52.6 Å². The molecule has 0 saturated carbocycles. The van der Waals surface area contributed by atoms with Crippen molar-refractivity contribution in [2.24, 2.45) is 0 Å². The molecule has 0 spiro atoms. The second-order valence-corrected chi connectivity index (χ2v) is 4.01. The molecule has 0 radical (unpaired) electrons. The van der Waals surface area contributed by atoms with Crippen molar-refractivity contribution < 1.29 is 19.1 Å². The minimum atomic E-state index is -0.563. The largest absolute Gasteiger partial charge is 0.486 e. The predicted octanol–water partition coefficient (Wildman–Crippen LogP) is 2.03. The van der Waals surface area contributed by atoms with Gasteiger partial charge in [0.2, 0.25) is 5.76 Å².